The third-order valence-corrected chi connectivity index (χ3v) is 5.19. The number of aliphatic hydroxyl groups excluding tert-OH is 1. The van der Waals surface area contributed by atoms with E-state index < -0.39 is 11.6 Å². The summed E-state index contributed by atoms with van der Waals surface area (Å²) in [6.07, 6.45) is 4.74. The molecule has 0 bridgehead atoms. The third kappa shape index (κ3) is 4.89. The summed E-state index contributed by atoms with van der Waals surface area (Å²) in [6, 6.07) is 0. The molecule has 6 heteroatoms. The van der Waals surface area contributed by atoms with Crippen LogP contribution in [-0.4, -0.2) is 77.9 Å². The van der Waals surface area contributed by atoms with Crippen LogP contribution in [0.15, 0.2) is 0 Å². The largest absolute Gasteiger partial charge is 0.389 e. The van der Waals surface area contributed by atoms with E-state index in [0.29, 0.717) is 13.2 Å². The van der Waals surface area contributed by atoms with E-state index in [9.17, 15) is 9.90 Å². The summed E-state index contributed by atoms with van der Waals surface area (Å²) >= 11 is 0. The van der Waals surface area contributed by atoms with E-state index >= 15 is 0 Å². The van der Waals surface area contributed by atoms with Crippen LogP contribution in [-0.2, 0) is 9.53 Å². The Balaban J connectivity index is 1.85. The Morgan fingerprint density at radius 1 is 1.17 bits per heavy atom. The molecule has 3 N–H and O–H groups in total. The fraction of sp³-hybridized carbons (Fsp3) is 0.941. The zero-order chi connectivity index (χ0) is 16.9. The van der Waals surface area contributed by atoms with Crippen LogP contribution in [0.2, 0.25) is 0 Å². The lowest BCUT2D eigenvalue weighted by atomic mass is 9.83. The fourth-order valence-electron chi connectivity index (χ4n) is 3.80. The van der Waals surface area contributed by atoms with Crippen molar-refractivity contribution >= 4 is 5.91 Å². The average Bonchev–Trinajstić information content (AvgIpc) is 2.54. The first kappa shape index (κ1) is 18.6. The Morgan fingerprint density at radius 3 is 2.30 bits per heavy atom. The van der Waals surface area contributed by atoms with Gasteiger partial charge in [0.05, 0.1) is 18.8 Å². The Kier molecular flexibility index (Phi) is 6.83. The summed E-state index contributed by atoms with van der Waals surface area (Å²) in [5, 5.41) is 10.1. The first-order chi connectivity index (χ1) is 10.9. The second-order valence-electron chi connectivity index (χ2n) is 7.28. The third-order valence-electron chi connectivity index (χ3n) is 5.19. The number of carbonyl (C=O) groups is 1. The number of nitrogens with two attached hydrogens (primary N) is 1. The Morgan fingerprint density at radius 2 is 1.78 bits per heavy atom. The molecular formula is C17H33N3O3. The van der Waals surface area contributed by atoms with E-state index in [2.05, 4.69) is 9.80 Å². The highest BCUT2D eigenvalue weighted by Crippen LogP contribution is 2.31. The zero-order valence-corrected chi connectivity index (χ0v) is 14.7. The second-order valence-corrected chi connectivity index (χ2v) is 7.28. The molecule has 0 saturated carbocycles. The maximum Gasteiger partial charge on any atom is 0.238 e. The van der Waals surface area contributed by atoms with Crippen molar-refractivity contribution in [3.63, 3.8) is 0 Å². The topological polar surface area (TPSA) is 79.0 Å². The number of primary amides is 1. The molecule has 2 fully saturated rings. The molecule has 134 valence electrons. The number of β-amino-alcohol motifs (C(OH)–C–C–N with tert-alkyl or cyclic N) is 1. The number of nitrogens with zero attached hydrogens (tertiary/aromatic N) is 2. The molecular weight excluding hydrogens is 294 g/mol. The van der Waals surface area contributed by atoms with Crippen molar-refractivity contribution in [2.24, 2.45) is 5.73 Å². The van der Waals surface area contributed by atoms with Crippen LogP contribution in [0.25, 0.3) is 0 Å². The first-order valence-corrected chi connectivity index (χ1v) is 9.01. The first-order valence-electron chi connectivity index (χ1n) is 9.01. The van der Waals surface area contributed by atoms with Crippen molar-refractivity contribution in [2.75, 3.05) is 39.3 Å². The van der Waals surface area contributed by atoms with Crippen molar-refractivity contribution in [1.29, 1.82) is 0 Å². The zero-order valence-electron chi connectivity index (χ0n) is 14.7. The average molecular weight is 327 g/mol. The summed E-state index contributed by atoms with van der Waals surface area (Å²) in [5.74, 6) is -0.178. The molecule has 0 aromatic carbocycles. The fourth-order valence-corrected chi connectivity index (χ4v) is 3.80. The molecule has 0 spiro atoms. The number of likely N-dealkylation sites (tertiary alicyclic amines) is 2. The van der Waals surface area contributed by atoms with E-state index in [1.165, 1.54) is 6.42 Å². The summed E-state index contributed by atoms with van der Waals surface area (Å²) in [5.41, 5.74) is 5.32. The second kappa shape index (κ2) is 8.42. The van der Waals surface area contributed by atoms with E-state index in [1.807, 2.05) is 13.8 Å². The van der Waals surface area contributed by atoms with Crippen LogP contribution in [0, 0.1) is 0 Å². The normalized spacial score (nSPS) is 24.7. The Labute approximate surface area is 139 Å². The predicted molar refractivity (Wildman–Crippen MR) is 90.1 cm³/mol. The quantitative estimate of drug-likeness (QED) is 0.715. The van der Waals surface area contributed by atoms with E-state index in [0.717, 1.165) is 51.9 Å². The van der Waals surface area contributed by atoms with Crippen molar-refractivity contribution in [3.8, 4) is 0 Å². The molecule has 0 aliphatic carbocycles. The number of hydrogen-bond donors (Lipinski definition) is 2. The van der Waals surface area contributed by atoms with Gasteiger partial charge in [-0.05, 0) is 52.6 Å². The van der Waals surface area contributed by atoms with E-state index in [-0.39, 0.29) is 12.0 Å². The Bertz CT molecular complexity index is 375. The number of carbonyl (C=O) groups excluding carboxylic acids is 1. The molecule has 1 atom stereocenters. The van der Waals surface area contributed by atoms with Gasteiger partial charge in [0, 0.05) is 19.6 Å². The summed E-state index contributed by atoms with van der Waals surface area (Å²) < 4.78 is 5.46. The van der Waals surface area contributed by atoms with Crippen molar-refractivity contribution < 1.29 is 14.6 Å². The minimum atomic E-state index is -0.478. The number of ether oxygens (including phenoxy) is 1. The molecule has 2 heterocycles. The summed E-state index contributed by atoms with van der Waals surface area (Å²) in [7, 11) is 0. The van der Waals surface area contributed by atoms with Crippen molar-refractivity contribution in [2.45, 2.75) is 63.7 Å². The highest BCUT2D eigenvalue weighted by molar-refractivity contribution is 5.84. The van der Waals surface area contributed by atoms with Gasteiger partial charge in [-0.25, -0.2) is 0 Å². The van der Waals surface area contributed by atoms with Gasteiger partial charge in [0.1, 0.15) is 5.54 Å². The number of aliphatic hydroxyl groups is 1. The smallest absolute Gasteiger partial charge is 0.238 e. The van der Waals surface area contributed by atoms with Crippen LogP contribution in [0.3, 0.4) is 0 Å². The van der Waals surface area contributed by atoms with Gasteiger partial charge >= 0.3 is 0 Å². The minimum absolute atomic E-state index is 0.132. The highest BCUT2D eigenvalue weighted by Gasteiger charge is 2.45. The lowest BCUT2D eigenvalue weighted by Gasteiger charge is -2.48. The van der Waals surface area contributed by atoms with Crippen LogP contribution in [0.4, 0.5) is 0 Å². The minimum Gasteiger partial charge on any atom is -0.389 e. The molecule has 0 radical (unpaired) electrons. The predicted octanol–water partition coefficient (Wildman–Crippen LogP) is 0.578. The van der Waals surface area contributed by atoms with Gasteiger partial charge < -0.3 is 20.5 Å². The summed E-state index contributed by atoms with van der Waals surface area (Å²) in [4.78, 5) is 16.7. The molecule has 0 aromatic rings. The maximum absolute atomic E-state index is 12.2. The van der Waals surface area contributed by atoms with Crippen LogP contribution >= 0.6 is 0 Å². The maximum atomic E-state index is 12.2. The summed E-state index contributed by atoms with van der Waals surface area (Å²) in [6.45, 7) is 8.46. The van der Waals surface area contributed by atoms with Crippen molar-refractivity contribution in [3.05, 3.63) is 0 Å². The molecule has 2 rings (SSSR count). The number of rotatable bonds is 7. The van der Waals surface area contributed by atoms with E-state index in [4.69, 9.17) is 10.5 Å². The molecule has 23 heavy (non-hydrogen) atoms. The number of amides is 1. The van der Waals surface area contributed by atoms with Gasteiger partial charge in [-0.2, -0.15) is 0 Å². The van der Waals surface area contributed by atoms with E-state index in [1.54, 1.807) is 0 Å². The Hall–Kier alpha value is -0.690. The van der Waals surface area contributed by atoms with Gasteiger partial charge in [-0.15, -0.1) is 0 Å². The number of hydrogen-bond acceptors (Lipinski definition) is 5. The lowest BCUT2D eigenvalue weighted by molar-refractivity contribution is -0.135. The van der Waals surface area contributed by atoms with Crippen LogP contribution in [0.5, 0.6) is 0 Å². The molecule has 1 unspecified atom stereocenters. The van der Waals surface area contributed by atoms with Crippen molar-refractivity contribution in [1.82, 2.24) is 9.80 Å². The molecule has 1 amide bonds. The monoisotopic (exact) mass is 327 g/mol. The van der Waals surface area contributed by atoms with Gasteiger partial charge in [0.2, 0.25) is 5.91 Å². The van der Waals surface area contributed by atoms with Crippen LogP contribution < -0.4 is 5.73 Å². The molecule has 2 aliphatic heterocycles. The lowest BCUT2D eigenvalue weighted by Crippen LogP contribution is -2.63. The van der Waals surface area contributed by atoms with Gasteiger partial charge in [0.25, 0.3) is 0 Å². The molecule has 6 nitrogen and oxygen atoms in total. The highest BCUT2D eigenvalue weighted by atomic mass is 16.5. The molecule has 2 aliphatic rings. The standard InChI is InChI=1S/C17H33N3O3/c1-14(2)23-13-15(21)12-19-10-6-17(7-11-19,16(18)22)20-8-4-3-5-9-20/h14-15,21H,3-13H2,1-2H3,(H2,18,22). The van der Waals surface area contributed by atoms with Gasteiger partial charge in [-0.1, -0.05) is 6.42 Å². The molecule has 0 aromatic heterocycles. The molecule has 2 saturated heterocycles. The SMILES string of the molecule is CC(C)OCC(O)CN1CCC(C(N)=O)(N2CCCCC2)CC1. The number of piperidine rings is 2. The van der Waals surface area contributed by atoms with Gasteiger partial charge in [-0.3, -0.25) is 9.69 Å². The van der Waals surface area contributed by atoms with Gasteiger partial charge in [0.15, 0.2) is 0 Å². The van der Waals surface area contributed by atoms with Crippen LogP contribution in [0.1, 0.15) is 46.0 Å².